The van der Waals surface area contributed by atoms with Gasteiger partial charge in [0.25, 0.3) is 0 Å². The van der Waals surface area contributed by atoms with Gasteiger partial charge in [0.2, 0.25) is 5.91 Å². The zero-order chi connectivity index (χ0) is 37.3. The highest BCUT2D eigenvalue weighted by molar-refractivity contribution is 5.90. The fraction of sp³-hybridized carbons (Fsp3) is 0.561. The molecule has 2 aromatic heterocycles. The van der Waals surface area contributed by atoms with Gasteiger partial charge in [-0.2, -0.15) is 0 Å². The minimum atomic E-state index is -0.760. The Bertz CT molecular complexity index is 1980. The monoisotopic (exact) mass is 725 g/mol. The van der Waals surface area contributed by atoms with Crippen LogP contribution in [0.4, 0.5) is 9.59 Å². The van der Waals surface area contributed by atoms with Crippen LogP contribution in [0, 0.1) is 11.8 Å². The molecule has 4 aromatic rings. The van der Waals surface area contributed by atoms with Crippen LogP contribution >= 0.6 is 0 Å². The number of likely N-dealkylation sites (tertiary alicyclic amines) is 1. The van der Waals surface area contributed by atoms with E-state index in [2.05, 4.69) is 31.6 Å². The molecule has 2 aromatic carbocycles. The first-order chi connectivity index (χ1) is 25.4. The van der Waals surface area contributed by atoms with Gasteiger partial charge >= 0.3 is 17.8 Å². The summed E-state index contributed by atoms with van der Waals surface area (Å²) in [5.41, 5.74) is 3.01. The highest BCUT2D eigenvalue weighted by atomic mass is 16.6. The van der Waals surface area contributed by atoms with Crippen LogP contribution < -0.4 is 16.3 Å². The van der Waals surface area contributed by atoms with Gasteiger partial charge in [0.15, 0.2) is 0 Å². The van der Waals surface area contributed by atoms with Crippen LogP contribution in [-0.2, 0) is 9.53 Å². The molecule has 0 radical (unpaired) electrons. The lowest BCUT2D eigenvalue weighted by Crippen LogP contribution is -2.56. The van der Waals surface area contributed by atoms with Crippen LogP contribution in [0.3, 0.4) is 0 Å². The Hall–Kier alpha value is -4.74. The third-order valence-electron chi connectivity index (χ3n) is 11.4. The van der Waals surface area contributed by atoms with Crippen molar-refractivity contribution in [3.8, 4) is 0 Å². The minimum Gasteiger partial charge on any atom is -0.444 e. The van der Waals surface area contributed by atoms with Crippen LogP contribution in [0.5, 0.6) is 0 Å². The molecule has 4 atom stereocenters. The van der Waals surface area contributed by atoms with E-state index in [1.807, 2.05) is 80.9 Å². The molecule has 7 rings (SSSR count). The van der Waals surface area contributed by atoms with Crippen molar-refractivity contribution < 1.29 is 19.1 Å². The lowest BCUT2D eigenvalue weighted by atomic mass is 9.81. The molecule has 12 heteroatoms. The Morgan fingerprint density at radius 1 is 0.943 bits per heavy atom. The van der Waals surface area contributed by atoms with E-state index < -0.39 is 17.7 Å². The number of fused-ring (bicyclic) bond motifs is 2. The number of piperidine rings is 1. The molecule has 3 heterocycles. The third kappa shape index (κ3) is 8.41. The summed E-state index contributed by atoms with van der Waals surface area (Å²) in [5.74, 6) is 0.308. The van der Waals surface area contributed by atoms with Gasteiger partial charge in [0.05, 0.1) is 11.0 Å². The van der Waals surface area contributed by atoms with Crippen LogP contribution in [0.2, 0.25) is 0 Å². The maximum atomic E-state index is 14.9. The van der Waals surface area contributed by atoms with E-state index in [0.717, 1.165) is 66.0 Å². The molecule has 0 bridgehead atoms. The summed E-state index contributed by atoms with van der Waals surface area (Å²) in [6, 6.07) is 14.9. The molecule has 53 heavy (non-hydrogen) atoms. The number of benzene rings is 2. The van der Waals surface area contributed by atoms with Crippen molar-refractivity contribution in [1.82, 2.24) is 35.0 Å². The number of carbonyl (C=O) groups is 3. The number of nitrogens with zero attached hydrogens (tertiary/aromatic N) is 3. The number of imidazole rings is 1. The van der Waals surface area contributed by atoms with E-state index in [1.54, 1.807) is 4.90 Å². The standard InChI is InChI=1S/C41H55N7O5/c1-26(32-24-42-33-13-6-5-12-31(32)33)36(45-38(50)46-20-18-30(19-21-46)48-35-15-8-7-14-34(35)44-39(48)51)37(49)47(29-16-17-29)25-28-11-9-10-27(22-28)23-43-40(52)53-41(2,3)4/h5-8,12-15,24,26-30,36,42H,9-11,16-23,25H2,1-4H3,(H,43,52)(H,44,51)(H,45,50)/t26-,27?,28+,36+/m0/s1. The Morgan fingerprint density at radius 2 is 1.64 bits per heavy atom. The molecular weight excluding hydrogens is 670 g/mol. The largest absolute Gasteiger partial charge is 0.444 e. The van der Waals surface area contributed by atoms with Crippen molar-refractivity contribution in [2.75, 3.05) is 26.2 Å². The summed E-state index contributed by atoms with van der Waals surface area (Å²) in [7, 11) is 0. The number of urea groups is 1. The van der Waals surface area contributed by atoms with E-state index in [9.17, 15) is 19.2 Å². The van der Waals surface area contributed by atoms with Crippen LogP contribution in [-0.4, -0.2) is 86.2 Å². The predicted molar refractivity (Wildman–Crippen MR) is 206 cm³/mol. The SMILES string of the molecule is C[C@@H](c1c[nH]c2ccccc12)[C@@H](NC(=O)N1CCC(n2c(=O)[nH]c3ccccc32)CC1)C(=O)N(C[C@@H]1CCCC(CNC(=O)OC(C)(C)C)C1)C1CC1. The zero-order valence-corrected chi connectivity index (χ0v) is 31.5. The van der Waals surface area contributed by atoms with Crippen molar-refractivity contribution in [2.24, 2.45) is 11.8 Å². The summed E-state index contributed by atoms with van der Waals surface area (Å²) in [4.78, 5) is 64.4. The van der Waals surface area contributed by atoms with Crippen LogP contribution in [0.25, 0.3) is 21.9 Å². The van der Waals surface area contributed by atoms with Crippen molar-refractivity contribution >= 4 is 40.0 Å². The molecule has 3 aliphatic rings. The first-order valence-electron chi connectivity index (χ1n) is 19.5. The van der Waals surface area contributed by atoms with Gasteiger partial charge in [-0.05, 0) is 101 Å². The van der Waals surface area contributed by atoms with E-state index in [1.165, 1.54) is 0 Å². The number of alkyl carbamates (subject to hydrolysis) is 1. The molecule has 1 saturated heterocycles. The van der Waals surface area contributed by atoms with Crippen LogP contribution in [0.1, 0.15) is 96.6 Å². The van der Waals surface area contributed by atoms with Crippen molar-refractivity contribution in [1.29, 1.82) is 0 Å². The maximum Gasteiger partial charge on any atom is 0.407 e. The number of aromatic nitrogens is 3. The number of nitrogens with one attached hydrogen (secondary N) is 4. The Balaban J connectivity index is 1.06. The second-order valence-corrected chi connectivity index (χ2v) is 16.5. The Labute approximate surface area is 311 Å². The lowest BCUT2D eigenvalue weighted by Gasteiger charge is -2.38. The molecule has 2 saturated carbocycles. The van der Waals surface area contributed by atoms with E-state index in [4.69, 9.17) is 4.74 Å². The minimum absolute atomic E-state index is 0.0192. The second kappa shape index (κ2) is 15.3. The van der Waals surface area contributed by atoms with E-state index >= 15 is 0 Å². The highest BCUT2D eigenvalue weighted by Gasteiger charge is 2.41. The predicted octanol–water partition coefficient (Wildman–Crippen LogP) is 6.65. The highest BCUT2D eigenvalue weighted by Crippen LogP contribution is 2.36. The van der Waals surface area contributed by atoms with Crippen molar-refractivity contribution in [3.63, 3.8) is 0 Å². The first-order valence-corrected chi connectivity index (χ1v) is 19.5. The summed E-state index contributed by atoms with van der Waals surface area (Å²) in [5, 5.41) is 7.24. The normalized spacial score (nSPS) is 20.9. The van der Waals surface area contributed by atoms with E-state index in [0.29, 0.717) is 50.9 Å². The van der Waals surface area contributed by atoms with E-state index in [-0.39, 0.29) is 35.6 Å². The van der Waals surface area contributed by atoms with Gasteiger partial charge in [-0.15, -0.1) is 0 Å². The molecule has 284 valence electrons. The molecule has 4 amide bonds. The number of carbonyl (C=O) groups excluding carboxylic acids is 3. The van der Waals surface area contributed by atoms with Gasteiger partial charge < -0.3 is 35.1 Å². The third-order valence-corrected chi connectivity index (χ3v) is 11.4. The van der Waals surface area contributed by atoms with Crippen molar-refractivity contribution in [2.45, 2.75) is 109 Å². The Morgan fingerprint density at radius 3 is 2.38 bits per heavy atom. The molecule has 3 fully saturated rings. The van der Waals surface area contributed by atoms with Gasteiger partial charge in [-0.1, -0.05) is 43.7 Å². The smallest absolute Gasteiger partial charge is 0.407 e. The summed E-state index contributed by atoms with van der Waals surface area (Å²) >= 11 is 0. The molecule has 1 unspecified atom stereocenters. The van der Waals surface area contributed by atoms with Gasteiger partial charge in [-0.25, -0.2) is 14.4 Å². The van der Waals surface area contributed by atoms with Crippen LogP contribution in [0.15, 0.2) is 59.5 Å². The number of rotatable bonds is 10. The molecule has 1 aliphatic heterocycles. The van der Waals surface area contributed by atoms with Crippen molar-refractivity contribution in [3.05, 3.63) is 70.8 Å². The van der Waals surface area contributed by atoms with Gasteiger partial charge in [0, 0.05) is 61.3 Å². The molecule has 12 nitrogen and oxygen atoms in total. The zero-order valence-electron chi connectivity index (χ0n) is 31.5. The molecule has 2 aliphatic carbocycles. The number of hydrogen-bond donors (Lipinski definition) is 4. The number of para-hydroxylation sites is 3. The molecular formula is C41H55N7O5. The first kappa shape index (κ1) is 36.6. The fourth-order valence-corrected chi connectivity index (χ4v) is 8.60. The van der Waals surface area contributed by atoms with Gasteiger partial charge in [0.1, 0.15) is 11.6 Å². The number of amides is 4. The second-order valence-electron chi connectivity index (χ2n) is 16.5. The summed E-state index contributed by atoms with van der Waals surface area (Å²) in [6.07, 6.45) is 8.83. The lowest BCUT2D eigenvalue weighted by molar-refractivity contribution is -0.135. The molecule has 0 spiro atoms. The number of ether oxygens (including phenoxy) is 1. The quantitative estimate of drug-likeness (QED) is 0.145. The summed E-state index contributed by atoms with van der Waals surface area (Å²) in [6.45, 7) is 9.79. The van der Waals surface area contributed by atoms with Gasteiger partial charge in [-0.3, -0.25) is 9.36 Å². The average molecular weight is 726 g/mol. The number of H-pyrrole nitrogens is 2. The number of hydrogen-bond acceptors (Lipinski definition) is 5. The molecule has 4 N–H and O–H groups in total. The summed E-state index contributed by atoms with van der Waals surface area (Å²) < 4.78 is 7.28. The average Bonchev–Trinajstić information content (AvgIpc) is 3.80. The maximum absolute atomic E-state index is 14.9. The topological polar surface area (TPSA) is 145 Å². The number of aromatic amines is 2. The Kier molecular flexibility index (Phi) is 10.6. The fourth-order valence-electron chi connectivity index (χ4n) is 8.60.